The van der Waals surface area contributed by atoms with Gasteiger partial charge in [-0.05, 0) is 17.5 Å². The quantitative estimate of drug-likeness (QED) is 0.851. The molecule has 0 fully saturated rings. The molecule has 23 heavy (non-hydrogen) atoms. The maximum atomic E-state index is 12.7. The Bertz CT molecular complexity index is 785. The third-order valence-corrected chi connectivity index (χ3v) is 4.98. The predicted octanol–water partition coefficient (Wildman–Crippen LogP) is 2.74. The lowest BCUT2D eigenvalue weighted by Crippen LogP contribution is -2.44. The number of hydrogen-bond donors (Lipinski definition) is 2. The molecule has 0 heterocycles. The average Bonchev–Trinajstić information content (AvgIpc) is 2.53. The van der Waals surface area contributed by atoms with Gasteiger partial charge in [-0.25, -0.2) is 8.42 Å². The fourth-order valence-electron chi connectivity index (χ4n) is 2.26. The summed E-state index contributed by atoms with van der Waals surface area (Å²) < 4.78 is 27.6. The zero-order valence-electron chi connectivity index (χ0n) is 12.9. The van der Waals surface area contributed by atoms with Crippen LogP contribution in [0.4, 0.5) is 0 Å². The molecule has 0 aromatic heterocycles. The van der Waals surface area contributed by atoms with E-state index in [1.807, 2.05) is 30.3 Å². The molecule has 6 heteroatoms. The molecule has 0 spiro atoms. The van der Waals surface area contributed by atoms with Crippen molar-refractivity contribution < 1.29 is 18.3 Å². The van der Waals surface area contributed by atoms with Crippen molar-refractivity contribution in [2.24, 2.45) is 5.92 Å². The Morgan fingerprint density at radius 2 is 1.57 bits per heavy atom. The van der Waals surface area contributed by atoms with Gasteiger partial charge in [-0.1, -0.05) is 62.4 Å². The molecule has 2 rings (SSSR count). The first-order chi connectivity index (χ1) is 10.8. The maximum Gasteiger partial charge on any atom is 0.322 e. The highest BCUT2D eigenvalue weighted by molar-refractivity contribution is 7.89. The Kier molecular flexibility index (Phi) is 5.18. The van der Waals surface area contributed by atoms with Crippen LogP contribution in [0.5, 0.6) is 0 Å². The van der Waals surface area contributed by atoms with E-state index in [9.17, 15) is 18.3 Å². The van der Waals surface area contributed by atoms with Crippen molar-refractivity contribution >= 4 is 16.0 Å². The second-order valence-corrected chi connectivity index (χ2v) is 7.23. The van der Waals surface area contributed by atoms with Gasteiger partial charge in [-0.2, -0.15) is 4.72 Å². The smallest absolute Gasteiger partial charge is 0.322 e. The maximum absolute atomic E-state index is 12.7. The lowest BCUT2D eigenvalue weighted by Gasteiger charge is -2.19. The van der Waals surface area contributed by atoms with Gasteiger partial charge in [0.1, 0.15) is 6.04 Å². The Morgan fingerprint density at radius 3 is 2.13 bits per heavy atom. The summed E-state index contributed by atoms with van der Waals surface area (Å²) in [5.74, 6) is -1.56. The number of carbonyl (C=O) groups is 1. The Labute approximate surface area is 136 Å². The fraction of sp³-hybridized carbons (Fsp3) is 0.235. The minimum atomic E-state index is -3.96. The number of carboxylic acid groups (broad SMARTS) is 1. The summed E-state index contributed by atoms with van der Waals surface area (Å²) in [6.07, 6.45) is 0. The van der Waals surface area contributed by atoms with Crippen molar-refractivity contribution in [1.29, 1.82) is 0 Å². The van der Waals surface area contributed by atoms with Crippen LogP contribution in [0.1, 0.15) is 13.8 Å². The van der Waals surface area contributed by atoms with Crippen LogP contribution in [0.25, 0.3) is 11.1 Å². The summed E-state index contributed by atoms with van der Waals surface area (Å²) in [4.78, 5) is 11.3. The molecule has 0 saturated heterocycles. The highest BCUT2D eigenvalue weighted by Crippen LogP contribution is 2.27. The van der Waals surface area contributed by atoms with E-state index < -0.39 is 22.0 Å². The zero-order valence-corrected chi connectivity index (χ0v) is 13.7. The van der Waals surface area contributed by atoms with Gasteiger partial charge < -0.3 is 5.11 Å². The van der Waals surface area contributed by atoms with E-state index in [0.717, 1.165) is 5.56 Å². The van der Waals surface area contributed by atoms with Crippen molar-refractivity contribution in [2.45, 2.75) is 24.8 Å². The number of rotatable bonds is 6. The van der Waals surface area contributed by atoms with Crippen LogP contribution in [-0.4, -0.2) is 25.5 Å². The van der Waals surface area contributed by atoms with Crippen LogP contribution >= 0.6 is 0 Å². The normalized spacial score (nSPS) is 13.0. The lowest BCUT2D eigenvalue weighted by molar-refractivity contribution is -0.140. The first-order valence-corrected chi connectivity index (χ1v) is 8.71. The molecule has 2 N–H and O–H groups in total. The van der Waals surface area contributed by atoms with Crippen molar-refractivity contribution in [1.82, 2.24) is 4.72 Å². The fourth-order valence-corrected chi connectivity index (χ4v) is 3.83. The molecule has 2 aromatic carbocycles. The van der Waals surface area contributed by atoms with Gasteiger partial charge in [-0.15, -0.1) is 0 Å². The van der Waals surface area contributed by atoms with Crippen LogP contribution in [0.15, 0.2) is 59.5 Å². The number of hydrogen-bond acceptors (Lipinski definition) is 3. The SMILES string of the molecule is CC(C)C(NS(=O)(=O)c1ccccc1-c1ccccc1)C(=O)O. The first kappa shape index (κ1) is 17.2. The molecule has 0 radical (unpaired) electrons. The van der Waals surface area contributed by atoms with Gasteiger partial charge in [0.05, 0.1) is 4.90 Å². The molecule has 122 valence electrons. The van der Waals surface area contributed by atoms with Gasteiger partial charge in [0.2, 0.25) is 10.0 Å². The van der Waals surface area contributed by atoms with Gasteiger partial charge in [0.15, 0.2) is 0 Å². The van der Waals surface area contributed by atoms with Gasteiger partial charge in [0, 0.05) is 5.56 Å². The third kappa shape index (κ3) is 3.97. The summed E-state index contributed by atoms with van der Waals surface area (Å²) in [5.41, 5.74) is 1.29. The molecular formula is C17H19NO4S. The summed E-state index contributed by atoms with van der Waals surface area (Å²) >= 11 is 0. The minimum Gasteiger partial charge on any atom is -0.480 e. The van der Waals surface area contributed by atoms with Crippen LogP contribution in [0.3, 0.4) is 0 Å². The highest BCUT2D eigenvalue weighted by atomic mass is 32.2. The van der Waals surface area contributed by atoms with E-state index in [2.05, 4.69) is 4.72 Å². The number of carboxylic acids is 1. The largest absolute Gasteiger partial charge is 0.480 e. The first-order valence-electron chi connectivity index (χ1n) is 7.22. The minimum absolute atomic E-state index is 0.0677. The average molecular weight is 333 g/mol. The van der Waals surface area contributed by atoms with Crippen molar-refractivity contribution in [2.75, 3.05) is 0 Å². The van der Waals surface area contributed by atoms with Crippen molar-refractivity contribution in [3.05, 3.63) is 54.6 Å². The summed E-state index contributed by atoms with van der Waals surface area (Å²) in [6.45, 7) is 3.31. The molecule has 2 aromatic rings. The van der Waals surface area contributed by atoms with Gasteiger partial charge >= 0.3 is 5.97 Å². The third-order valence-electron chi connectivity index (χ3n) is 3.48. The van der Waals surface area contributed by atoms with E-state index in [1.54, 1.807) is 32.0 Å². The van der Waals surface area contributed by atoms with Crippen molar-refractivity contribution in [3.8, 4) is 11.1 Å². The molecule has 5 nitrogen and oxygen atoms in total. The number of nitrogens with one attached hydrogen (secondary N) is 1. The summed E-state index contributed by atoms with van der Waals surface area (Å²) in [6, 6.07) is 14.5. The molecule has 0 aliphatic rings. The van der Waals surface area contributed by atoms with Crippen LogP contribution in [-0.2, 0) is 14.8 Å². The molecule has 0 aliphatic heterocycles. The predicted molar refractivity (Wildman–Crippen MR) is 88.5 cm³/mol. The van der Waals surface area contributed by atoms with E-state index >= 15 is 0 Å². The summed E-state index contributed by atoms with van der Waals surface area (Å²) in [7, 11) is -3.96. The second kappa shape index (κ2) is 6.93. The molecule has 0 aliphatic carbocycles. The number of benzene rings is 2. The number of sulfonamides is 1. The zero-order chi connectivity index (χ0) is 17.0. The van der Waals surface area contributed by atoms with Gasteiger partial charge in [-0.3, -0.25) is 4.79 Å². The standard InChI is InChI=1S/C17H19NO4S/c1-12(2)16(17(19)20)18-23(21,22)15-11-7-6-10-14(15)13-8-4-3-5-9-13/h3-12,16,18H,1-2H3,(H,19,20). The highest BCUT2D eigenvalue weighted by Gasteiger charge is 2.29. The molecule has 1 atom stereocenters. The van der Waals surface area contributed by atoms with E-state index in [-0.39, 0.29) is 10.8 Å². The molecule has 0 bridgehead atoms. The van der Waals surface area contributed by atoms with Crippen molar-refractivity contribution in [3.63, 3.8) is 0 Å². The van der Waals surface area contributed by atoms with E-state index in [4.69, 9.17) is 0 Å². The Balaban J connectivity index is 2.47. The topological polar surface area (TPSA) is 83.5 Å². The lowest BCUT2D eigenvalue weighted by atomic mass is 10.1. The molecule has 0 saturated carbocycles. The monoisotopic (exact) mass is 333 g/mol. The van der Waals surface area contributed by atoms with Crippen LogP contribution in [0.2, 0.25) is 0 Å². The Hall–Kier alpha value is -2.18. The van der Waals surface area contributed by atoms with E-state index in [1.165, 1.54) is 6.07 Å². The number of aliphatic carboxylic acids is 1. The Morgan fingerprint density at radius 1 is 1.00 bits per heavy atom. The molecule has 0 amide bonds. The second-order valence-electron chi connectivity index (χ2n) is 5.54. The van der Waals surface area contributed by atoms with Crippen LogP contribution in [0, 0.1) is 5.92 Å². The van der Waals surface area contributed by atoms with Gasteiger partial charge in [0.25, 0.3) is 0 Å². The van der Waals surface area contributed by atoms with Crippen LogP contribution < -0.4 is 4.72 Å². The molecule has 1 unspecified atom stereocenters. The van der Waals surface area contributed by atoms with E-state index in [0.29, 0.717) is 5.56 Å². The summed E-state index contributed by atoms with van der Waals surface area (Å²) in [5, 5.41) is 9.21. The molecular weight excluding hydrogens is 314 g/mol.